The van der Waals surface area contributed by atoms with Crippen molar-refractivity contribution in [3.05, 3.63) is 24.3 Å². The summed E-state index contributed by atoms with van der Waals surface area (Å²) in [5.74, 6) is 0.393. The predicted octanol–water partition coefficient (Wildman–Crippen LogP) is 0.943. The zero-order valence-corrected chi connectivity index (χ0v) is 11.1. The number of hydrogen-bond donors (Lipinski definition) is 1. The second-order valence-electron chi connectivity index (χ2n) is 3.72. The van der Waals surface area contributed by atoms with E-state index in [1.807, 2.05) is 0 Å². The highest BCUT2D eigenvalue weighted by atomic mass is 32.2. The summed E-state index contributed by atoms with van der Waals surface area (Å²) in [7, 11) is -2.83. The lowest BCUT2D eigenvalue weighted by molar-refractivity contribution is 0.126. The van der Waals surface area contributed by atoms with Crippen LogP contribution >= 0.6 is 0 Å². The zero-order valence-electron chi connectivity index (χ0n) is 10.3. The van der Waals surface area contributed by atoms with Gasteiger partial charge in [-0.15, -0.1) is 0 Å². The van der Waals surface area contributed by atoms with Crippen LogP contribution in [0.3, 0.4) is 0 Å². The molecule has 0 aliphatic rings. The molecule has 0 amide bonds. The van der Waals surface area contributed by atoms with Crippen molar-refractivity contribution in [2.24, 2.45) is 0 Å². The number of nitrogens with zero attached hydrogens (tertiary/aromatic N) is 1. The summed E-state index contributed by atoms with van der Waals surface area (Å²) >= 11 is 0. The van der Waals surface area contributed by atoms with E-state index >= 15 is 0 Å². The van der Waals surface area contributed by atoms with Gasteiger partial charge in [-0.05, 0) is 24.3 Å². The van der Waals surface area contributed by atoms with Gasteiger partial charge in [-0.3, -0.25) is 0 Å². The molecule has 19 heavy (non-hydrogen) atoms. The molecule has 0 unspecified atom stereocenters. The predicted molar refractivity (Wildman–Crippen MR) is 64.8 cm³/mol. The first-order valence-corrected chi connectivity index (χ1v) is 6.90. The lowest BCUT2D eigenvalue weighted by Gasteiger charge is -2.16. The Hall–Kier alpha value is -1.25. The summed E-state index contributed by atoms with van der Waals surface area (Å²) in [4.78, 5) is -0.0907. The van der Waals surface area contributed by atoms with Gasteiger partial charge < -0.3 is 9.84 Å². The first kappa shape index (κ1) is 15.8. The first-order valence-electron chi connectivity index (χ1n) is 5.46. The Morgan fingerprint density at radius 3 is 2.37 bits per heavy atom. The lowest BCUT2D eigenvalue weighted by atomic mass is 10.3. The van der Waals surface area contributed by atoms with Crippen LogP contribution in [0.5, 0.6) is 5.75 Å². The van der Waals surface area contributed by atoms with Crippen LogP contribution in [0.4, 0.5) is 8.78 Å². The summed E-state index contributed by atoms with van der Waals surface area (Å²) in [5, 5.41) is 8.57. The number of ether oxygens (including phenoxy) is 1. The fourth-order valence-corrected chi connectivity index (χ4v) is 2.49. The van der Waals surface area contributed by atoms with Crippen molar-refractivity contribution in [3.63, 3.8) is 0 Å². The maximum atomic E-state index is 12.2. The standard InChI is InChI=1S/C11H15F2NO4S/c1-14(8-11(12)13)19(16,17)10-4-2-9(3-5-10)18-7-6-15/h2-5,11,15H,6-8H2,1H3. The topological polar surface area (TPSA) is 66.8 Å². The lowest BCUT2D eigenvalue weighted by Crippen LogP contribution is -2.31. The third-order valence-corrected chi connectivity index (χ3v) is 4.12. The van der Waals surface area contributed by atoms with Gasteiger partial charge in [0.2, 0.25) is 10.0 Å². The molecule has 0 fully saturated rings. The fraction of sp³-hybridized carbons (Fsp3) is 0.455. The zero-order chi connectivity index (χ0) is 14.5. The SMILES string of the molecule is CN(CC(F)F)S(=O)(=O)c1ccc(OCCO)cc1. The van der Waals surface area contributed by atoms with E-state index in [1.165, 1.54) is 24.3 Å². The molecule has 1 rings (SSSR count). The van der Waals surface area contributed by atoms with E-state index in [2.05, 4.69) is 0 Å². The molecule has 8 heteroatoms. The Morgan fingerprint density at radius 1 is 1.32 bits per heavy atom. The molecule has 0 atom stereocenters. The van der Waals surface area contributed by atoms with E-state index in [1.54, 1.807) is 0 Å². The molecule has 0 bridgehead atoms. The van der Waals surface area contributed by atoms with Crippen LogP contribution in [-0.2, 0) is 10.0 Å². The Balaban J connectivity index is 2.84. The number of aliphatic hydroxyl groups excluding tert-OH is 1. The van der Waals surface area contributed by atoms with E-state index in [4.69, 9.17) is 9.84 Å². The van der Waals surface area contributed by atoms with Crippen LogP contribution < -0.4 is 4.74 Å². The number of benzene rings is 1. The molecule has 1 N–H and O–H groups in total. The molecule has 0 saturated carbocycles. The van der Waals surface area contributed by atoms with E-state index in [0.717, 1.165) is 7.05 Å². The van der Waals surface area contributed by atoms with Crippen LogP contribution in [0.25, 0.3) is 0 Å². The number of aliphatic hydroxyl groups is 1. The van der Waals surface area contributed by atoms with Crippen molar-refractivity contribution in [3.8, 4) is 5.75 Å². The van der Waals surface area contributed by atoms with Gasteiger partial charge in [0.1, 0.15) is 12.4 Å². The van der Waals surface area contributed by atoms with Gasteiger partial charge in [0.15, 0.2) is 0 Å². The van der Waals surface area contributed by atoms with Crippen LogP contribution in [0.2, 0.25) is 0 Å². The quantitative estimate of drug-likeness (QED) is 0.813. The summed E-state index contributed by atoms with van der Waals surface area (Å²) in [6.45, 7) is -0.917. The van der Waals surface area contributed by atoms with E-state index in [-0.39, 0.29) is 18.1 Å². The molecule has 1 aromatic rings. The smallest absolute Gasteiger partial charge is 0.252 e. The Bertz CT molecular complexity index is 490. The van der Waals surface area contributed by atoms with Crippen LogP contribution in [-0.4, -0.2) is 51.1 Å². The number of rotatable bonds is 7. The molecule has 1 aromatic carbocycles. The van der Waals surface area contributed by atoms with Gasteiger partial charge in [-0.2, -0.15) is 4.31 Å². The van der Waals surface area contributed by atoms with Crippen molar-refractivity contribution >= 4 is 10.0 Å². The summed E-state index contributed by atoms with van der Waals surface area (Å²) in [6, 6.07) is 5.34. The van der Waals surface area contributed by atoms with E-state index in [9.17, 15) is 17.2 Å². The number of alkyl halides is 2. The minimum atomic E-state index is -3.92. The highest BCUT2D eigenvalue weighted by Crippen LogP contribution is 2.19. The molecular formula is C11H15F2NO4S. The molecular weight excluding hydrogens is 280 g/mol. The monoisotopic (exact) mass is 295 g/mol. The molecule has 0 aliphatic carbocycles. The molecule has 0 saturated heterocycles. The minimum absolute atomic E-state index is 0.0907. The van der Waals surface area contributed by atoms with Gasteiger partial charge in [-0.1, -0.05) is 0 Å². The third-order valence-electron chi connectivity index (χ3n) is 2.29. The highest BCUT2D eigenvalue weighted by molar-refractivity contribution is 7.89. The molecule has 0 aromatic heterocycles. The minimum Gasteiger partial charge on any atom is -0.491 e. The van der Waals surface area contributed by atoms with Crippen LogP contribution in [0, 0.1) is 0 Å². The molecule has 0 heterocycles. The molecule has 108 valence electrons. The molecule has 0 aliphatic heterocycles. The van der Waals surface area contributed by atoms with Crippen LogP contribution in [0.15, 0.2) is 29.2 Å². The molecule has 0 radical (unpaired) electrons. The second kappa shape index (κ2) is 6.78. The van der Waals surface area contributed by atoms with Crippen molar-refractivity contribution in [2.45, 2.75) is 11.3 Å². The fourth-order valence-electron chi connectivity index (χ4n) is 1.34. The van der Waals surface area contributed by atoms with Crippen LogP contribution in [0.1, 0.15) is 0 Å². The van der Waals surface area contributed by atoms with Crippen molar-refractivity contribution in [2.75, 3.05) is 26.8 Å². The van der Waals surface area contributed by atoms with Crippen molar-refractivity contribution in [1.82, 2.24) is 4.31 Å². The average molecular weight is 295 g/mol. The Kier molecular flexibility index (Phi) is 5.64. The molecule has 0 spiro atoms. The van der Waals surface area contributed by atoms with Gasteiger partial charge in [0.25, 0.3) is 6.43 Å². The van der Waals surface area contributed by atoms with E-state index in [0.29, 0.717) is 10.1 Å². The first-order chi connectivity index (χ1) is 8.87. The van der Waals surface area contributed by atoms with Gasteiger partial charge in [0, 0.05) is 7.05 Å². The van der Waals surface area contributed by atoms with Gasteiger partial charge in [-0.25, -0.2) is 17.2 Å². The average Bonchev–Trinajstić information content (AvgIpc) is 2.36. The highest BCUT2D eigenvalue weighted by Gasteiger charge is 2.23. The molecule has 5 nitrogen and oxygen atoms in total. The maximum Gasteiger partial charge on any atom is 0.252 e. The largest absolute Gasteiger partial charge is 0.491 e. The van der Waals surface area contributed by atoms with E-state index < -0.39 is 23.0 Å². The maximum absolute atomic E-state index is 12.2. The van der Waals surface area contributed by atoms with Gasteiger partial charge in [0.05, 0.1) is 18.0 Å². The number of halogens is 2. The van der Waals surface area contributed by atoms with Gasteiger partial charge >= 0.3 is 0 Å². The Labute approximate surface area is 110 Å². The second-order valence-corrected chi connectivity index (χ2v) is 5.76. The number of hydrogen-bond acceptors (Lipinski definition) is 4. The summed E-state index contributed by atoms with van der Waals surface area (Å²) in [6.07, 6.45) is -2.73. The third kappa shape index (κ3) is 4.41. The number of sulfonamides is 1. The normalized spacial score (nSPS) is 12.1. The summed E-state index contributed by atoms with van der Waals surface area (Å²) in [5.41, 5.74) is 0. The van der Waals surface area contributed by atoms with Crippen molar-refractivity contribution in [1.29, 1.82) is 0 Å². The van der Waals surface area contributed by atoms with Crippen molar-refractivity contribution < 1.29 is 27.0 Å². The Morgan fingerprint density at radius 2 is 1.89 bits per heavy atom. The summed E-state index contributed by atoms with van der Waals surface area (Å²) < 4.78 is 53.8.